The Kier molecular flexibility index (Phi) is 4.80. The van der Waals surface area contributed by atoms with Gasteiger partial charge in [0.1, 0.15) is 5.82 Å². The van der Waals surface area contributed by atoms with Crippen molar-refractivity contribution in [3.63, 3.8) is 0 Å². The summed E-state index contributed by atoms with van der Waals surface area (Å²) in [6.45, 7) is 2.12. The normalized spacial score (nSPS) is 17.4. The second kappa shape index (κ2) is 7.99. The molecule has 6 heteroatoms. The molecule has 2 aromatic carbocycles. The van der Waals surface area contributed by atoms with Crippen LogP contribution in [0, 0.1) is 11.7 Å². The van der Waals surface area contributed by atoms with E-state index in [0.29, 0.717) is 11.1 Å². The van der Waals surface area contributed by atoms with E-state index in [9.17, 15) is 4.39 Å². The van der Waals surface area contributed by atoms with Crippen molar-refractivity contribution in [1.82, 2.24) is 19.7 Å². The molecular formula is C28H22FN5. The summed E-state index contributed by atoms with van der Waals surface area (Å²) in [6.07, 6.45) is 9.32. The van der Waals surface area contributed by atoms with Gasteiger partial charge in [-0.1, -0.05) is 37.3 Å². The van der Waals surface area contributed by atoms with E-state index in [4.69, 9.17) is 4.99 Å². The Morgan fingerprint density at radius 1 is 0.882 bits per heavy atom. The van der Waals surface area contributed by atoms with Gasteiger partial charge in [-0.3, -0.25) is 14.7 Å². The molecule has 6 rings (SSSR count). The average molecular weight is 448 g/mol. The van der Waals surface area contributed by atoms with Crippen LogP contribution < -0.4 is 10.7 Å². The molecule has 5 aromatic rings. The molecule has 4 heterocycles. The summed E-state index contributed by atoms with van der Waals surface area (Å²) in [5, 5.41) is 7.45. The zero-order chi connectivity index (χ0) is 23.2. The highest BCUT2D eigenvalue weighted by molar-refractivity contribution is 6.02. The first-order valence-corrected chi connectivity index (χ1v) is 11.3. The van der Waals surface area contributed by atoms with Gasteiger partial charge in [-0.25, -0.2) is 9.37 Å². The largest absolute Gasteiger partial charge is 0.275 e. The fourth-order valence-electron chi connectivity index (χ4n) is 5.04. The number of benzene rings is 2. The summed E-state index contributed by atoms with van der Waals surface area (Å²) in [5.41, 5.74) is 5.54. The van der Waals surface area contributed by atoms with Crippen molar-refractivity contribution in [2.75, 3.05) is 0 Å². The predicted octanol–water partition coefficient (Wildman–Crippen LogP) is 4.38. The second-order valence-electron chi connectivity index (χ2n) is 8.66. The number of aromatic nitrogens is 4. The zero-order valence-corrected chi connectivity index (χ0v) is 18.9. The number of fused-ring (bicyclic) bond motifs is 2. The Labute approximate surface area is 196 Å². The van der Waals surface area contributed by atoms with Crippen LogP contribution in [0.15, 0.2) is 90.6 Å². The molecule has 0 saturated heterocycles. The standard InChI is InChI=1S/C28H22FN5/c1-17-26(23-7-5-12-31-28(23)33-27(17)22-6-3-4-8-25(22)29)21-10-9-19(18-14-32-34(2)16-18)24-15-30-13-11-20(21)24/h3-17,27H,1-2H3. The Balaban J connectivity index is 1.63. The van der Waals surface area contributed by atoms with E-state index in [1.54, 1.807) is 16.9 Å². The van der Waals surface area contributed by atoms with E-state index in [1.807, 2.05) is 56.1 Å². The number of halogens is 1. The van der Waals surface area contributed by atoms with Gasteiger partial charge in [0, 0.05) is 59.5 Å². The van der Waals surface area contributed by atoms with Crippen LogP contribution in [-0.2, 0) is 7.05 Å². The SMILES string of the molecule is CC1C(c2ccc(-c3cnn(C)c3)c3cnccc23)=c2cccnc2=NC1c1ccccc1F. The fourth-order valence-corrected chi connectivity index (χ4v) is 5.04. The van der Waals surface area contributed by atoms with Crippen LogP contribution in [-0.4, -0.2) is 19.7 Å². The monoisotopic (exact) mass is 447 g/mol. The smallest absolute Gasteiger partial charge is 0.155 e. The second-order valence-corrected chi connectivity index (χ2v) is 8.66. The van der Waals surface area contributed by atoms with Crippen molar-refractivity contribution in [2.24, 2.45) is 18.0 Å². The lowest BCUT2D eigenvalue weighted by Crippen LogP contribution is -2.38. The first-order chi connectivity index (χ1) is 16.6. The molecule has 34 heavy (non-hydrogen) atoms. The number of hydrogen-bond acceptors (Lipinski definition) is 4. The van der Waals surface area contributed by atoms with Crippen LogP contribution in [0.5, 0.6) is 0 Å². The van der Waals surface area contributed by atoms with Crippen LogP contribution in [0.3, 0.4) is 0 Å². The molecule has 1 aliphatic heterocycles. The highest BCUT2D eigenvalue weighted by atomic mass is 19.1. The third kappa shape index (κ3) is 3.22. The lowest BCUT2D eigenvalue weighted by molar-refractivity contribution is 0.512. The van der Waals surface area contributed by atoms with Gasteiger partial charge >= 0.3 is 0 Å². The fraction of sp³-hybridized carbons (Fsp3) is 0.143. The van der Waals surface area contributed by atoms with Gasteiger partial charge in [0.2, 0.25) is 0 Å². The maximum atomic E-state index is 14.8. The van der Waals surface area contributed by atoms with E-state index in [1.165, 1.54) is 6.07 Å². The highest BCUT2D eigenvalue weighted by Gasteiger charge is 2.30. The predicted molar refractivity (Wildman–Crippen MR) is 130 cm³/mol. The Hall–Kier alpha value is -4.19. The van der Waals surface area contributed by atoms with Crippen LogP contribution in [0.1, 0.15) is 24.1 Å². The minimum Gasteiger partial charge on any atom is -0.275 e. The van der Waals surface area contributed by atoms with Gasteiger partial charge in [0.25, 0.3) is 0 Å². The summed E-state index contributed by atoms with van der Waals surface area (Å²) in [7, 11) is 1.91. The summed E-state index contributed by atoms with van der Waals surface area (Å²) >= 11 is 0. The van der Waals surface area contributed by atoms with E-state index < -0.39 is 0 Å². The molecule has 0 radical (unpaired) electrons. The zero-order valence-electron chi connectivity index (χ0n) is 18.9. The maximum Gasteiger partial charge on any atom is 0.155 e. The molecule has 2 atom stereocenters. The van der Waals surface area contributed by atoms with Gasteiger partial charge in [0.15, 0.2) is 5.49 Å². The van der Waals surface area contributed by atoms with Crippen LogP contribution in [0.2, 0.25) is 0 Å². The molecule has 0 bridgehead atoms. The van der Waals surface area contributed by atoms with Gasteiger partial charge in [0.05, 0.1) is 12.2 Å². The minimum absolute atomic E-state index is 0.0609. The van der Waals surface area contributed by atoms with Gasteiger partial charge in [-0.15, -0.1) is 0 Å². The van der Waals surface area contributed by atoms with E-state index in [0.717, 1.165) is 38.3 Å². The number of hydrogen-bond donors (Lipinski definition) is 0. The summed E-state index contributed by atoms with van der Waals surface area (Å²) in [5.74, 6) is -0.308. The first kappa shape index (κ1) is 20.4. The molecule has 1 aliphatic rings. The van der Waals surface area contributed by atoms with Crippen molar-refractivity contribution in [3.8, 4) is 11.1 Å². The summed E-state index contributed by atoms with van der Waals surface area (Å²) in [6, 6.07) is 16.8. The van der Waals surface area contributed by atoms with E-state index in [2.05, 4.69) is 40.2 Å². The van der Waals surface area contributed by atoms with Gasteiger partial charge in [-0.05, 0) is 46.4 Å². The summed E-state index contributed by atoms with van der Waals surface area (Å²) in [4.78, 5) is 13.8. The minimum atomic E-state index is -0.367. The average Bonchev–Trinajstić information content (AvgIpc) is 3.30. The van der Waals surface area contributed by atoms with E-state index >= 15 is 0 Å². The van der Waals surface area contributed by atoms with Gasteiger partial charge < -0.3 is 0 Å². The number of aryl methyl sites for hydroxylation is 1. The third-order valence-electron chi connectivity index (χ3n) is 6.62. The molecular weight excluding hydrogens is 425 g/mol. The third-order valence-corrected chi connectivity index (χ3v) is 6.62. The number of nitrogens with zero attached hydrogens (tertiary/aromatic N) is 5. The number of rotatable bonds is 3. The Morgan fingerprint density at radius 3 is 2.56 bits per heavy atom. The Bertz CT molecular complexity index is 1670. The molecule has 5 nitrogen and oxygen atoms in total. The highest BCUT2D eigenvalue weighted by Crippen LogP contribution is 2.40. The van der Waals surface area contributed by atoms with Crippen LogP contribution in [0.25, 0.3) is 27.5 Å². The molecule has 0 fully saturated rings. The van der Waals surface area contributed by atoms with Crippen molar-refractivity contribution < 1.29 is 4.39 Å². The molecule has 0 spiro atoms. The molecule has 2 unspecified atom stereocenters. The lowest BCUT2D eigenvalue weighted by Gasteiger charge is -2.28. The quantitative estimate of drug-likeness (QED) is 0.413. The van der Waals surface area contributed by atoms with Crippen LogP contribution in [0.4, 0.5) is 4.39 Å². The molecule has 0 aliphatic carbocycles. The molecule has 0 amide bonds. The van der Waals surface area contributed by atoms with Crippen molar-refractivity contribution in [1.29, 1.82) is 0 Å². The van der Waals surface area contributed by atoms with E-state index in [-0.39, 0.29) is 17.8 Å². The summed E-state index contributed by atoms with van der Waals surface area (Å²) < 4.78 is 16.6. The maximum absolute atomic E-state index is 14.8. The van der Waals surface area contributed by atoms with Crippen molar-refractivity contribution >= 4 is 16.3 Å². The lowest BCUT2D eigenvalue weighted by atomic mass is 9.80. The molecule has 166 valence electrons. The van der Waals surface area contributed by atoms with Crippen molar-refractivity contribution in [2.45, 2.75) is 13.0 Å². The van der Waals surface area contributed by atoms with Gasteiger partial charge in [-0.2, -0.15) is 5.10 Å². The van der Waals surface area contributed by atoms with Crippen LogP contribution >= 0.6 is 0 Å². The molecule has 3 aromatic heterocycles. The molecule has 0 saturated carbocycles. The molecule has 0 N–H and O–H groups in total. The Morgan fingerprint density at radius 2 is 1.74 bits per heavy atom. The number of pyridine rings is 2. The van der Waals surface area contributed by atoms with Crippen molar-refractivity contribution in [3.05, 3.63) is 113 Å². The first-order valence-electron chi connectivity index (χ1n) is 11.3. The topological polar surface area (TPSA) is 56.0 Å².